The van der Waals surface area contributed by atoms with E-state index in [4.69, 9.17) is 16.3 Å². The molecule has 0 aliphatic carbocycles. The van der Waals surface area contributed by atoms with Crippen LogP contribution in [0.1, 0.15) is 30.4 Å². The van der Waals surface area contributed by atoms with Crippen molar-refractivity contribution in [2.75, 3.05) is 19.7 Å². The van der Waals surface area contributed by atoms with Gasteiger partial charge in [0.05, 0.1) is 12.7 Å². The summed E-state index contributed by atoms with van der Waals surface area (Å²) in [6, 6.07) is 5.82. The van der Waals surface area contributed by atoms with Crippen LogP contribution in [0.4, 0.5) is 0 Å². The number of piperidine rings is 1. The van der Waals surface area contributed by atoms with Crippen molar-refractivity contribution in [3.05, 3.63) is 34.3 Å². The maximum Gasteiger partial charge on any atom is 0.139 e. The molecule has 0 radical (unpaired) electrons. The molecule has 2 rings (SSSR count). The van der Waals surface area contributed by atoms with E-state index in [-0.39, 0.29) is 5.78 Å². The third-order valence-electron chi connectivity index (χ3n) is 3.62. The summed E-state index contributed by atoms with van der Waals surface area (Å²) in [4.78, 5) is 11.9. The molecule has 0 amide bonds. The van der Waals surface area contributed by atoms with Gasteiger partial charge in [-0.05, 0) is 50.0 Å². The van der Waals surface area contributed by atoms with E-state index in [0.717, 1.165) is 37.1 Å². The molecule has 0 unspecified atom stereocenters. The molecule has 0 saturated carbocycles. The Morgan fingerprint density at radius 2 is 2.15 bits per heavy atom. The van der Waals surface area contributed by atoms with Crippen LogP contribution in [0.2, 0.25) is 5.02 Å². The maximum absolute atomic E-state index is 11.9. The number of benzene rings is 1. The van der Waals surface area contributed by atoms with Crippen molar-refractivity contribution >= 4 is 17.4 Å². The highest BCUT2D eigenvalue weighted by Crippen LogP contribution is 2.18. The molecule has 0 aromatic heterocycles. The summed E-state index contributed by atoms with van der Waals surface area (Å²) in [5.41, 5.74) is 2.02. The van der Waals surface area contributed by atoms with Gasteiger partial charge < -0.3 is 10.1 Å². The molecule has 1 N–H and O–H groups in total. The molecule has 0 atom stereocenters. The Hall–Kier alpha value is -0.900. The number of rotatable bonds is 6. The Balaban J connectivity index is 1.72. The van der Waals surface area contributed by atoms with Crippen LogP contribution in [0.15, 0.2) is 18.2 Å². The van der Waals surface area contributed by atoms with Crippen LogP contribution in [0, 0.1) is 6.92 Å². The standard InChI is InChI=1S/C16H22ClNO2/c1-12-2-3-13(16(17)10-12)11-14(19)6-9-20-15-4-7-18-8-5-15/h2-3,10,15,18H,4-9,11H2,1H3. The average molecular weight is 296 g/mol. The van der Waals surface area contributed by atoms with Crippen LogP contribution in [0.5, 0.6) is 0 Å². The number of ether oxygens (including phenoxy) is 1. The monoisotopic (exact) mass is 295 g/mol. The van der Waals surface area contributed by atoms with Gasteiger partial charge in [-0.15, -0.1) is 0 Å². The molecule has 0 spiro atoms. The summed E-state index contributed by atoms with van der Waals surface area (Å²) in [6.45, 7) is 4.53. The SMILES string of the molecule is Cc1ccc(CC(=O)CCOC2CCNCC2)c(Cl)c1. The van der Waals surface area contributed by atoms with Gasteiger partial charge in [0, 0.05) is 17.9 Å². The lowest BCUT2D eigenvalue weighted by atomic mass is 10.1. The van der Waals surface area contributed by atoms with E-state index < -0.39 is 0 Å². The van der Waals surface area contributed by atoms with Crippen molar-refractivity contribution in [1.29, 1.82) is 0 Å². The number of carbonyl (C=O) groups excluding carboxylic acids is 1. The Labute approximate surface area is 125 Å². The Morgan fingerprint density at radius 1 is 1.40 bits per heavy atom. The van der Waals surface area contributed by atoms with Crippen LogP contribution < -0.4 is 5.32 Å². The highest BCUT2D eigenvalue weighted by atomic mass is 35.5. The van der Waals surface area contributed by atoms with Gasteiger partial charge in [0.25, 0.3) is 0 Å². The molecule has 4 heteroatoms. The molecule has 1 aliphatic heterocycles. The molecule has 1 saturated heterocycles. The maximum atomic E-state index is 11.9. The van der Waals surface area contributed by atoms with Crippen molar-refractivity contribution in [3.63, 3.8) is 0 Å². The van der Waals surface area contributed by atoms with Gasteiger partial charge in [-0.2, -0.15) is 0 Å². The quantitative estimate of drug-likeness (QED) is 0.877. The molecule has 1 aromatic carbocycles. The second kappa shape index (κ2) is 7.77. The van der Waals surface area contributed by atoms with E-state index in [0.29, 0.717) is 30.6 Å². The van der Waals surface area contributed by atoms with E-state index in [2.05, 4.69) is 5.32 Å². The summed E-state index contributed by atoms with van der Waals surface area (Å²) in [5.74, 6) is 0.185. The van der Waals surface area contributed by atoms with Gasteiger partial charge in [0.15, 0.2) is 0 Å². The van der Waals surface area contributed by atoms with Gasteiger partial charge >= 0.3 is 0 Å². The first-order chi connectivity index (χ1) is 9.65. The number of carbonyl (C=O) groups is 1. The fourth-order valence-corrected chi connectivity index (χ4v) is 2.70. The van der Waals surface area contributed by atoms with Gasteiger partial charge in [0.2, 0.25) is 0 Å². The van der Waals surface area contributed by atoms with Gasteiger partial charge in [-0.3, -0.25) is 4.79 Å². The molecule has 1 aliphatic rings. The molecule has 1 aromatic rings. The predicted octanol–water partition coefficient (Wildman–Crippen LogP) is 2.92. The largest absolute Gasteiger partial charge is 0.378 e. The summed E-state index contributed by atoms with van der Waals surface area (Å²) in [5, 5.41) is 3.97. The molecule has 20 heavy (non-hydrogen) atoms. The normalized spacial score (nSPS) is 16.3. The van der Waals surface area contributed by atoms with E-state index in [9.17, 15) is 4.79 Å². The summed E-state index contributed by atoms with van der Waals surface area (Å²) >= 11 is 6.14. The second-order valence-corrected chi connectivity index (χ2v) is 5.79. The van der Waals surface area contributed by atoms with E-state index in [1.54, 1.807) is 0 Å². The van der Waals surface area contributed by atoms with Crippen LogP contribution >= 0.6 is 11.6 Å². The van der Waals surface area contributed by atoms with E-state index in [1.807, 2.05) is 25.1 Å². The van der Waals surface area contributed by atoms with Crippen LogP contribution in [0.25, 0.3) is 0 Å². The van der Waals surface area contributed by atoms with Crippen molar-refractivity contribution in [3.8, 4) is 0 Å². The lowest BCUT2D eigenvalue weighted by molar-refractivity contribution is -0.120. The minimum Gasteiger partial charge on any atom is -0.378 e. The first-order valence-corrected chi connectivity index (χ1v) is 7.62. The van der Waals surface area contributed by atoms with Crippen molar-refractivity contribution < 1.29 is 9.53 Å². The van der Waals surface area contributed by atoms with Gasteiger partial charge in [-0.25, -0.2) is 0 Å². The zero-order valence-electron chi connectivity index (χ0n) is 12.0. The van der Waals surface area contributed by atoms with E-state index in [1.165, 1.54) is 0 Å². The Morgan fingerprint density at radius 3 is 2.85 bits per heavy atom. The number of aryl methyl sites for hydroxylation is 1. The summed E-state index contributed by atoms with van der Waals surface area (Å²) < 4.78 is 5.75. The summed E-state index contributed by atoms with van der Waals surface area (Å²) in [7, 11) is 0. The second-order valence-electron chi connectivity index (χ2n) is 5.38. The summed E-state index contributed by atoms with van der Waals surface area (Å²) in [6.07, 6.45) is 3.26. The minimum absolute atomic E-state index is 0.185. The molecule has 1 heterocycles. The molecular weight excluding hydrogens is 274 g/mol. The number of ketones is 1. The lowest BCUT2D eigenvalue weighted by Gasteiger charge is -2.22. The number of halogens is 1. The first kappa shape index (κ1) is 15.5. The van der Waals surface area contributed by atoms with Gasteiger partial charge in [0.1, 0.15) is 5.78 Å². The van der Waals surface area contributed by atoms with Gasteiger partial charge in [-0.1, -0.05) is 23.7 Å². The average Bonchev–Trinajstić information content (AvgIpc) is 2.43. The lowest BCUT2D eigenvalue weighted by Crippen LogP contribution is -2.32. The molecule has 110 valence electrons. The highest BCUT2D eigenvalue weighted by Gasteiger charge is 2.14. The van der Waals surface area contributed by atoms with Crippen LogP contribution in [-0.2, 0) is 16.0 Å². The third kappa shape index (κ3) is 4.89. The number of hydrogen-bond donors (Lipinski definition) is 1. The van der Waals surface area contributed by atoms with Crippen molar-refractivity contribution in [1.82, 2.24) is 5.32 Å². The fourth-order valence-electron chi connectivity index (χ4n) is 2.40. The Bertz CT molecular complexity index is 456. The van der Waals surface area contributed by atoms with Crippen molar-refractivity contribution in [2.24, 2.45) is 0 Å². The minimum atomic E-state index is 0.185. The smallest absolute Gasteiger partial charge is 0.139 e. The first-order valence-electron chi connectivity index (χ1n) is 7.24. The molecule has 3 nitrogen and oxygen atoms in total. The number of hydrogen-bond acceptors (Lipinski definition) is 3. The highest BCUT2D eigenvalue weighted by molar-refractivity contribution is 6.31. The Kier molecular flexibility index (Phi) is 6.02. The molecule has 1 fully saturated rings. The van der Waals surface area contributed by atoms with Crippen LogP contribution in [-0.4, -0.2) is 31.6 Å². The topological polar surface area (TPSA) is 38.3 Å². The zero-order chi connectivity index (χ0) is 14.4. The predicted molar refractivity (Wildman–Crippen MR) is 81.4 cm³/mol. The van der Waals surface area contributed by atoms with E-state index >= 15 is 0 Å². The zero-order valence-corrected chi connectivity index (χ0v) is 12.7. The fraction of sp³-hybridized carbons (Fsp3) is 0.562. The molecular formula is C16H22ClNO2. The van der Waals surface area contributed by atoms with Crippen LogP contribution in [0.3, 0.4) is 0 Å². The molecule has 0 bridgehead atoms. The number of Topliss-reactive ketones (excluding diaryl/α,β-unsaturated/α-hetero) is 1. The number of nitrogens with one attached hydrogen (secondary N) is 1. The van der Waals surface area contributed by atoms with Crippen molar-refractivity contribution in [2.45, 2.75) is 38.7 Å². The third-order valence-corrected chi connectivity index (χ3v) is 3.97.